The number of imide groups is 1. The maximum absolute atomic E-state index is 13.6. The standard InChI is InChI=1S/C31H40N4O6S/c1-7-33(8-2)15-9-17-41-29(38)35-30(39)42-20(3)27(32-35)21-10-12-24-23(18-21)31(4,5)14-16-34(24)28(37)22-11-13-25(36)26(19-22)40-6/h10-13,18-20,36H,7-9,14-17H2,1-6H3. The van der Waals surface area contributed by atoms with Crippen molar-refractivity contribution in [3.63, 3.8) is 0 Å². The highest BCUT2D eigenvalue weighted by molar-refractivity contribution is 8.14. The van der Waals surface area contributed by atoms with E-state index < -0.39 is 11.3 Å². The van der Waals surface area contributed by atoms with Crippen LogP contribution in [0.25, 0.3) is 0 Å². The van der Waals surface area contributed by atoms with Gasteiger partial charge in [0.2, 0.25) is 0 Å². The average Bonchev–Trinajstić information content (AvgIpc) is 2.97. The van der Waals surface area contributed by atoms with Gasteiger partial charge in [0, 0.05) is 24.3 Å². The summed E-state index contributed by atoms with van der Waals surface area (Å²) < 4.78 is 10.6. The van der Waals surface area contributed by atoms with Crippen LogP contribution >= 0.6 is 11.8 Å². The van der Waals surface area contributed by atoms with Crippen LogP contribution in [-0.4, -0.2) is 83.1 Å². The van der Waals surface area contributed by atoms with Crippen LogP contribution in [-0.2, 0) is 10.2 Å². The van der Waals surface area contributed by atoms with E-state index in [1.165, 1.54) is 19.2 Å². The third-order valence-corrected chi connectivity index (χ3v) is 8.85. The van der Waals surface area contributed by atoms with E-state index in [4.69, 9.17) is 9.47 Å². The number of ether oxygens (including phenoxy) is 2. The number of anilines is 1. The van der Waals surface area contributed by atoms with Gasteiger partial charge in [-0.05, 0) is 79.7 Å². The molecule has 2 aromatic rings. The summed E-state index contributed by atoms with van der Waals surface area (Å²) in [7, 11) is 1.44. The summed E-state index contributed by atoms with van der Waals surface area (Å²) in [4.78, 5) is 43.1. The molecule has 0 spiro atoms. The lowest BCUT2D eigenvalue weighted by Gasteiger charge is -2.39. The number of phenolic OH excluding ortho intramolecular Hbond substituents is 1. The van der Waals surface area contributed by atoms with Gasteiger partial charge in [-0.1, -0.05) is 45.5 Å². The molecule has 4 rings (SSSR count). The lowest BCUT2D eigenvalue weighted by Crippen LogP contribution is -2.41. The predicted octanol–water partition coefficient (Wildman–Crippen LogP) is 5.86. The van der Waals surface area contributed by atoms with Crippen LogP contribution in [0.1, 0.15) is 68.9 Å². The monoisotopic (exact) mass is 596 g/mol. The Labute approximate surface area is 251 Å². The second kappa shape index (κ2) is 13.2. The second-order valence-electron chi connectivity index (χ2n) is 11.0. The smallest absolute Gasteiger partial charge is 0.438 e. The molecule has 3 amide bonds. The number of methoxy groups -OCH3 is 1. The number of aromatic hydroxyl groups is 1. The number of hydrogen-bond acceptors (Lipinski definition) is 9. The second-order valence-corrected chi connectivity index (χ2v) is 12.3. The molecule has 0 radical (unpaired) electrons. The molecule has 0 saturated heterocycles. The fourth-order valence-electron chi connectivity index (χ4n) is 5.24. The minimum absolute atomic E-state index is 0.0323. The normalized spacial score (nSPS) is 18.0. The first kappa shape index (κ1) is 31.4. The Morgan fingerprint density at radius 1 is 1.17 bits per heavy atom. The van der Waals surface area contributed by atoms with Crippen molar-refractivity contribution < 1.29 is 29.0 Å². The van der Waals surface area contributed by atoms with Crippen LogP contribution in [0.3, 0.4) is 0 Å². The van der Waals surface area contributed by atoms with E-state index in [1.54, 1.807) is 11.0 Å². The van der Waals surface area contributed by atoms with Crippen molar-refractivity contribution in [2.45, 2.75) is 58.1 Å². The summed E-state index contributed by atoms with van der Waals surface area (Å²) in [5, 5.41) is 14.5. The predicted molar refractivity (Wildman–Crippen MR) is 165 cm³/mol. The van der Waals surface area contributed by atoms with Gasteiger partial charge in [-0.15, -0.1) is 5.01 Å². The van der Waals surface area contributed by atoms with Crippen LogP contribution in [0, 0.1) is 0 Å². The van der Waals surface area contributed by atoms with Gasteiger partial charge in [-0.2, -0.15) is 5.10 Å². The number of benzene rings is 2. The van der Waals surface area contributed by atoms with Crippen molar-refractivity contribution in [3.05, 3.63) is 53.1 Å². The van der Waals surface area contributed by atoms with Gasteiger partial charge in [-0.25, -0.2) is 4.79 Å². The van der Waals surface area contributed by atoms with Gasteiger partial charge < -0.3 is 24.4 Å². The zero-order chi connectivity index (χ0) is 30.6. The molecular formula is C31H40N4O6S. The molecule has 11 heteroatoms. The number of carbonyl (C=O) groups excluding carboxylic acids is 3. The highest BCUT2D eigenvalue weighted by atomic mass is 32.2. The summed E-state index contributed by atoms with van der Waals surface area (Å²) in [6.45, 7) is 13.7. The number of carbonyl (C=O) groups is 3. The Balaban J connectivity index is 1.59. The first-order chi connectivity index (χ1) is 20.0. The van der Waals surface area contributed by atoms with E-state index in [9.17, 15) is 19.5 Å². The molecule has 42 heavy (non-hydrogen) atoms. The first-order valence-electron chi connectivity index (χ1n) is 14.3. The summed E-state index contributed by atoms with van der Waals surface area (Å²) in [6.07, 6.45) is 0.614. The molecule has 1 atom stereocenters. The number of hydrazone groups is 1. The number of rotatable bonds is 9. The van der Waals surface area contributed by atoms with Gasteiger partial charge in [0.05, 0.1) is 24.7 Å². The number of hydrogen-bond donors (Lipinski definition) is 1. The topological polar surface area (TPSA) is 112 Å². The Morgan fingerprint density at radius 2 is 1.90 bits per heavy atom. The lowest BCUT2D eigenvalue weighted by atomic mass is 9.76. The SMILES string of the molecule is CCN(CC)CCCOC(=O)N1N=C(c2ccc3c(c2)C(C)(C)CCN3C(=O)c2ccc(O)c(OC)c2)C(C)SC1=O. The zero-order valence-corrected chi connectivity index (χ0v) is 26.0. The quantitative estimate of drug-likeness (QED) is 0.359. The number of nitrogens with zero attached hydrogens (tertiary/aromatic N) is 4. The lowest BCUT2D eigenvalue weighted by molar-refractivity contribution is 0.0981. The zero-order valence-electron chi connectivity index (χ0n) is 25.2. The molecule has 2 aromatic carbocycles. The summed E-state index contributed by atoms with van der Waals surface area (Å²) >= 11 is 1.03. The fraction of sp³-hybridized carbons (Fsp3) is 0.484. The van der Waals surface area contributed by atoms with Gasteiger partial charge in [0.25, 0.3) is 5.91 Å². The molecule has 2 aliphatic rings. The highest BCUT2D eigenvalue weighted by Crippen LogP contribution is 2.42. The maximum atomic E-state index is 13.6. The largest absolute Gasteiger partial charge is 0.504 e. The van der Waals surface area contributed by atoms with E-state index in [1.807, 2.05) is 25.1 Å². The van der Waals surface area contributed by atoms with Crippen molar-refractivity contribution >= 4 is 40.4 Å². The molecule has 0 bridgehead atoms. The van der Waals surface area contributed by atoms with Gasteiger partial charge in [0.15, 0.2) is 11.5 Å². The number of thioether (sulfide) groups is 1. The molecule has 10 nitrogen and oxygen atoms in total. The third kappa shape index (κ3) is 6.57. The molecule has 0 saturated carbocycles. The Morgan fingerprint density at radius 3 is 2.60 bits per heavy atom. The number of amides is 3. The molecule has 0 fully saturated rings. The molecule has 0 aromatic heterocycles. The third-order valence-electron chi connectivity index (χ3n) is 7.90. The Bertz CT molecular complexity index is 1370. The van der Waals surface area contributed by atoms with Crippen molar-refractivity contribution in [2.75, 3.05) is 44.8 Å². The van der Waals surface area contributed by atoms with Crippen LogP contribution in [0.5, 0.6) is 11.5 Å². The van der Waals surface area contributed by atoms with Gasteiger partial charge >= 0.3 is 11.3 Å². The average molecular weight is 597 g/mol. The summed E-state index contributed by atoms with van der Waals surface area (Å²) in [6, 6.07) is 10.3. The van der Waals surface area contributed by atoms with E-state index in [0.29, 0.717) is 24.2 Å². The minimum atomic E-state index is -0.782. The van der Waals surface area contributed by atoms with Crippen LogP contribution in [0.4, 0.5) is 15.3 Å². The Hall–Kier alpha value is -3.57. The molecule has 0 aliphatic carbocycles. The molecular weight excluding hydrogens is 556 g/mol. The minimum Gasteiger partial charge on any atom is -0.504 e. The number of fused-ring (bicyclic) bond motifs is 1. The van der Waals surface area contributed by atoms with Crippen molar-refractivity contribution in [2.24, 2.45) is 5.10 Å². The van der Waals surface area contributed by atoms with Crippen molar-refractivity contribution in [1.82, 2.24) is 9.91 Å². The molecule has 2 aliphatic heterocycles. The summed E-state index contributed by atoms with van der Waals surface area (Å²) in [5.41, 5.74) is 3.28. The van der Waals surface area contributed by atoms with Crippen LogP contribution in [0.15, 0.2) is 41.5 Å². The van der Waals surface area contributed by atoms with Crippen molar-refractivity contribution in [1.29, 1.82) is 0 Å². The fourth-order valence-corrected chi connectivity index (χ4v) is 6.05. The molecule has 226 valence electrons. The van der Waals surface area contributed by atoms with Crippen LogP contribution < -0.4 is 9.64 Å². The van der Waals surface area contributed by atoms with Gasteiger partial charge in [-0.3, -0.25) is 9.59 Å². The Kier molecular flexibility index (Phi) is 9.83. The van der Waals surface area contributed by atoms with E-state index in [-0.39, 0.29) is 34.7 Å². The first-order valence-corrected chi connectivity index (χ1v) is 15.2. The highest BCUT2D eigenvalue weighted by Gasteiger charge is 2.37. The van der Waals surface area contributed by atoms with E-state index in [2.05, 4.69) is 37.7 Å². The number of phenols is 1. The summed E-state index contributed by atoms with van der Waals surface area (Å²) in [5.74, 6) is 0.00414. The van der Waals surface area contributed by atoms with E-state index >= 15 is 0 Å². The molecule has 1 unspecified atom stereocenters. The van der Waals surface area contributed by atoms with Crippen LogP contribution in [0.2, 0.25) is 0 Å². The maximum Gasteiger partial charge on any atom is 0.438 e. The van der Waals surface area contributed by atoms with E-state index in [0.717, 1.165) is 59.6 Å². The van der Waals surface area contributed by atoms with Gasteiger partial charge in [0.1, 0.15) is 0 Å². The van der Waals surface area contributed by atoms with Crippen molar-refractivity contribution in [3.8, 4) is 11.5 Å². The molecule has 2 heterocycles. The molecule has 1 N–H and O–H groups in total.